The van der Waals surface area contributed by atoms with E-state index in [1.165, 1.54) is 44.9 Å². The van der Waals surface area contributed by atoms with Gasteiger partial charge in [-0.1, -0.05) is 45.4 Å². The van der Waals surface area contributed by atoms with Crippen LogP contribution < -0.4 is 16.4 Å². The number of hydrogen-bond donors (Lipinski definition) is 3. The fraction of sp³-hybridized carbons (Fsp3) is 1.00. The Morgan fingerprint density at radius 2 is 1.33 bits per heavy atom. The molecule has 0 amide bonds. The Bertz CT molecular complexity index is 95.0. The molecule has 0 aliphatic heterocycles. The number of unbranched alkanes of at least 4 members (excludes halogenated alkanes) is 6. The van der Waals surface area contributed by atoms with Gasteiger partial charge in [0.15, 0.2) is 0 Å². The van der Waals surface area contributed by atoms with Crippen LogP contribution in [0.4, 0.5) is 0 Å². The van der Waals surface area contributed by atoms with Crippen molar-refractivity contribution >= 4 is 0 Å². The molecule has 0 unspecified atom stereocenters. The van der Waals surface area contributed by atoms with Crippen LogP contribution in [0, 0.1) is 0 Å². The number of rotatable bonds is 12. The Labute approximate surface area is 95.2 Å². The second-order valence-electron chi connectivity index (χ2n) is 4.08. The summed E-state index contributed by atoms with van der Waals surface area (Å²) >= 11 is 0. The lowest BCUT2D eigenvalue weighted by Crippen LogP contribution is -2.31. The summed E-state index contributed by atoms with van der Waals surface area (Å²) in [6.07, 6.45) is 9.68. The summed E-state index contributed by atoms with van der Waals surface area (Å²) in [6.45, 7) is 6.01. The van der Waals surface area contributed by atoms with Crippen LogP contribution in [0.3, 0.4) is 0 Å². The topological polar surface area (TPSA) is 50.1 Å². The maximum Gasteiger partial charge on any atom is 0.0429 e. The zero-order valence-electron chi connectivity index (χ0n) is 10.4. The zero-order chi connectivity index (χ0) is 11.2. The Balaban J connectivity index is 2.81. The molecule has 0 saturated heterocycles. The van der Waals surface area contributed by atoms with Crippen LogP contribution in [0.2, 0.25) is 0 Å². The van der Waals surface area contributed by atoms with Crippen LogP contribution in [0.1, 0.15) is 51.9 Å². The summed E-state index contributed by atoms with van der Waals surface area (Å²) in [5.41, 5.74) is 5.31. The molecular weight excluding hydrogens is 186 g/mol. The van der Waals surface area contributed by atoms with E-state index in [0.717, 1.165) is 19.6 Å². The van der Waals surface area contributed by atoms with Crippen molar-refractivity contribution in [1.82, 2.24) is 10.6 Å². The molecule has 0 saturated carbocycles. The van der Waals surface area contributed by atoms with Gasteiger partial charge in [-0.25, -0.2) is 0 Å². The highest BCUT2D eigenvalue weighted by Crippen LogP contribution is 2.05. The summed E-state index contributed by atoms with van der Waals surface area (Å²) in [4.78, 5) is 0. The van der Waals surface area contributed by atoms with E-state index in [1.54, 1.807) is 0 Å². The molecule has 3 nitrogen and oxygen atoms in total. The van der Waals surface area contributed by atoms with Gasteiger partial charge in [-0.2, -0.15) is 0 Å². The van der Waals surface area contributed by atoms with Crippen molar-refractivity contribution in [2.75, 3.05) is 26.3 Å². The molecule has 0 rings (SSSR count). The average Bonchev–Trinajstić information content (AvgIpc) is 2.26. The van der Waals surface area contributed by atoms with Gasteiger partial charge < -0.3 is 16.4 Å². The van der Waals surface area contributed by atoms with Gasteiger partial charge in [0.2, 0.25) is 0 Å². The molecule has 15 heavy (non-hydrogen) atoms. The minimum Gasteiger partial charge on any atom is -0.318 e. The largest absolute Gasteiger partial charge is 0.318 e. The molecule has 0 atom stereocenters. The maximum absolute atomic E-state index is 5.31. The first-order chi connectivity index (χ1) is 7.41. The molecular formula is C12H29N3. The molecule has 0 aromatic rings. The Morgan fingerprint density at radius 3 is 2.00 bits per heavy atom. The third-order valence-corrected chi connectivity index (χ3v) is 2.58. The second kappa shape index (κ2) is 13.9. The third kappa shape index (κ3) is 13.9. The van der Waals surface area contributed by atoms with Crippen molar-refractivity contribution < 1.29 is 0 Å². The lowest BCUT2D eigenvalue weighted by Gasteiger charge is -2.05. The fourth-order valence-corrected chi connectivity index (χ4v) is 1.61. The minimum absolute atomic E-state index is 0.582. The molecule has 0 fully saturated rings. The highest BCUT2D eigenvalue weighted by atomic mass is 15.0. The van der Waals surface area contributed by atoms with Gasteiger partial charge in [-0.15, -0.1) is 0 Å². The number of hydrogen-bond acceptors (Lipinski definition) is 3. The predicted octanol–water partition coefficient (Wildman–Crippen LogP) is 1.83. The van der Waals surface area contributed by atoms with E-state index in [1.807, 2.05) is 0 Å². The summed E-state index contributed by atoms with van der Waals surface area (Å²) in [5, 5.41) is 6.49. The van der Waals surface area contributed by atoms with Crippen LogP contribution in [-0.2, 0) is 0 Å². The van der Waals surface area contributed by atoms with E-state index in [4.69, 9.17) is 5.73 Å². The molecule has 0 bridgehead atoms. The summed E-state index contributed by atoms with van der Waals surface area (Å²) in [7, 11) is 0. The van der Waals surface area contributed by atoms with Crippen LogP contribution in [0.15, 0.2) is 0 Å². The third-order valence-electron chi connectivity index (χ3n) is 2.58. The Hall–Kier alpha value is -0.120. The van der Waals surface area contributed by atoms with Crippen molar-refractivity contribution in [3.63, 3.8) is 0 Å². The van der Waals surface area contributed by atoms with Gasteiger partial charge in [0.25, 0.3) is 0 Å². The van der Waals surface area contributed by atoms with E-state index in [2.05, 4.69) is 17.6 Å². The first-order valence-corrected chi connectivity index (χ1v) is 6.53. The van der Waals surface area contributed by atoms with Crippen molar-refractivity contribution in [3.8, 4) is 0 Å². The lowest BCUT2D eigenvalue weighted by atomic mass is 10.1. The number of nitrogens with one attached hydrogen (secondary N) is 2. The lowest BCUT2D eigenvalue weighted by molar-refractivity contribution is 0.553. The monoisotopic (exact) mass is 215 g/mol. The normalized spacial score (nSPS) is 10.8. The zero-order valence-corrected chi connectivity index (χ0v) is 10.4. The summed E-state index contributed by atoms with van der Waals surface area (Å²) < 4.78 is 0. The van der Waals surface area contributed by atoms with Gasteiger partial charge in [-0.3, -0.25) is 0 Å². The van der Waals surface area contributed by atoms with E-state index >= 15 is 0 Å². The molecule has 0 heterocycles. The Morgan fingerprint density at radius 1 is 0.733 bits per heavy atom. The molecule has 92 valence electrons. The van der Waals surface area contributed by atoms with Gasteiger partial charge in [0, 0.05) is 19.8 Å². The molecule has 0 aliphatic carbocycles. The van der Waals surface area contributed by atoms with Crippen molar-refractivity contribution in [2.24, 2.45) is 5.73 Å². The minimum atomic E-state index is 0.582. The highest BCUT2D eigenvalue weighted by molar-refractivity contribution is 4.51. The second-order valence-corrected chi connectivity index (χ2v) is 4.08. The standard InChI is InChI=1S/C12H29N3/c1-2-3-4-5-6-7-8-9-14-10-11-15-12-13/h14-15H,2-13H2,1H3. The van der Waals surface area contributed by atoms with Crippen LogP contribution >= 0.6 is 0 Å². The molecule has 0 spiro atoms. The van der Waals surface area contributed by atoms with Crippen LogP contribution in [-0.4, -0.2) is 26.3 Å². The average molecular weight is 215 g/mol. The first kappa shape index (κ1) is 14.9. The van der Waals surface area contributed by atoms with E-state index in [9.17, 15) is 0 Å². The summed E-state index contributed by atoms with van der Waals surface area (Å²) in [5.74, 6) is 0. The molecule has 0 aromatic carbocycles. The SMILES string of the molecule is CCCCCCCCCNCCNCN. The van der Waals surface area contributed by atoms with Crippen molar-refractivity contribution in [2.45, 2.75) is 51.9 Å². The molecule has 0 aliphatic rings. The highest BCUT2D eigenvalue weighted by Gasteiger charge is 1.90. The van der Waals surface area contributed by atoms with Crippen LogP contribution in [0.25, 0.3) is 0 Å². The molecule has 0 aromatic heterocycles. The molecule has 4 N–H and O–H groups in total. The predicted molar refractivity (Wildman–Crippen MR) is 67.9 cm³/mol. The summed E-state index contributed by atoms with van der Waals surface area (Å²) in [6, 6.07) is 0. The first-order valence-electron chi connectivity index (χ1n) is 6.53. The van der Waals surface area contributed by atoms with Crippen molar-refractivity contribution in [3.05, 3.63) is 0 Å². The Kier molecular flexibility index (Phi) is 13.8. The maximum atomic E-state index is 5.31. The van der Waals surface area contributed by atoms with Gasteiger partial charge in [0.05, 0.1) is 0 Å². The molecule has 3 heteroatoms. The van der Waals surface area contributed by atoms with Gasteiger partial charge >= 0.3 is 0 Å². The van der Waals surface area contributed by atoms with Gasteiger partial charge in [-0.05, 0) is 13.0 Å². The fourth-order valence-electron chi connectivity index (χ4n) is 1.61. The smallest absolute Gasteiger partial charge is 0.0429 e. The van der Waals surface area contributed by atoms with E-state index in [-0.39, 0.29) is 0 Å². The van der Waals surface area contributed by atoms with E-state index < -0.39 is 0 Å². The quantitative estimate of drug-likeness (QED) is 0.344. The van der Waals surface area contributed by atoms with Crippen molar-refractivity contribution in [1.29, 1.82) is 0 Å². The molecule has 0 radical (unpaired) electrons. The number of nitrogens with two attached hydrogens (primary N) is 1. The van der Waals surface area contributed by atoms with E-state index in [0.29, 0.717) is 6.67 Å². The van der Waals surface area contributed by atoms with Gasteiger partial charge in [0.1, 0.15) is 0 Å². The van der Waals surface area contributed by atoms with Crippen LogP contribution in [0.5, 0.6) is 0 Å².